The number of fused-ring (bicyclic) bond motifs is 1. The molecule has 2 fully saturated rings. The van der Waals surface area contributed by atoms with Crippen LogP contribution in [0.25, 0.3) is 33.3 Å². The number of carbonyl (C=O) groups is 1. The molecule has 3 N–H and O–H groups in total. The molecule has 0 spiro atoms. The van der Waals surface area contributed by atoms with E-state index in [9.17, 15) is 20.3 Å². The fourth-order valence-corrected chi connectivity index (χ4v) is 5.78. The number of anilines is 1. The number of aromatic nitrogens is 2. The van der Waals surface area contributed by atoms with Gasteiger partial charge in [-0.25, -0.2) is 4.98 Å². The number of hydrogen-bond acceptors (Lipinski definition) is 7. The zero-order valence-electron chi connectivity index (χ0n) is 22.5. The minimum Gasteiger partial charge on any atom is -0.395 e. The van der Waals surface area contributed by atoms with Gasteiger partial charge in [0.05, 0.1) is 24.0 Å². The van der Waals surface area contributed by atoms with Crippen LogP contribution in [0.15, 0.2) is 54.9 Å². The summed E-state index contributed by atoms with van der Waals surface area (Å²) in [7, 11) is 0. The third-order valence-electron chi connectivity index (χ3n) is 7.98. The molecule has 204 valence electrons. The second-order valence-electron chi connectivity index (χ2n) is 10.6. The Morgan fingerprint density at radius 3 is 2.50 bits per heavy atom. The highest BCUT2D eigenvalue weighted by Crippen LogP contribution is 2.35. The molecule has 0 bridgehead atoms. The molecule has 0 radical (unpaired) electrons. The molecule has 2 aliphatic heterocycles. The number of β-amino-alcohol motifs (C(OH)–C–C–N with tert-alkyl or cyclic N) is 2. The minimum atomic E-state index is -0.423. The van der Waals surface area contributed by atoms with Crippen molar-refractivity contribution in [3.05, 3.63) is 71.5 Å². The minimum absolute atomic E-state index is 0.0705. The lowest BCUT2D eigenvalue weighted by Gasteiger charge is -2.37. The number of H-pyrrole nitrogens is 1. The monoisotopic (exact) mass is 536 g/mol. The van der Waals surface area contributed by atoms with Crippen molar-refractivity contribution in [1.29, 1.82) is 5.26 Å². The normalized spacial score (nSPS) is 16.2. The lowest BCUT2D eigenvalue weighted by Crippen LogP contribution is -2.53. The van der Waals surface area contributed by atoms with Crippen molar-refractivity contribution in [2.24, 2.45) is 0 Å². The van der Waals surface area contributed by atoms with Crippen molar-refractivity contribution in [3.63, 3.8) is 0 Å². The van der Waals surface area contributed by atoms with Gasteiger partial charge < -0.3 is 25.0 Å². The van der Waals surface area contributed by atoms with Crippen LogP contribution in [-0.4, -0.2) is 94.4 Å². The molecule has 4 aromatic rings. The van der Waals surface area contributed by atoms with Crippen molar-refractivity contribution >= 4 is 22.6 Å². The van der Waals surface area contributed by atoms with Gasteiger partial charge in [0.2, 0.25) is 0 Å². The summed E-state index contributed by atoms with van der Waals surface area (Å²) in [5.41, 5.74) is 7.86. The van der Waals surface area contributed by atoms with E-state index in [0.29, 0.717) is 30.8 Å². The first-order valence-electron chi connectivity index (χ1n) is 13.6. The molecular weight excluding hydrogens is 504 g/mol. The maximum Gasteiger partial charge on any atom is 0.254 e. The van der Waals surface area contributed by atoms with Crippen LogP contribution in [0.5, 0.6) is 0 Å². The van der Waals surface area contributed by atoms with Crippen LogP contribution in [-0.2, 0) is 0 Å². The molecule has 0 atom stereocenters. The summed E-state index contributed by atoms with van der Waals surface area (Å²) in [6.45, 7) is 7.02. The van der Waals surface area contributed by atoms with Crippen LogP contribution in [0, 0.1) is 18.3 Å². The first-order chi connectivity index (χ1) is 19.4. The number of aliphatic hydroxyl groups is 2. The highest BCUT2D eigenvalue weighted by Gasteiger charge is 2.29. The Kier molecular flexibility index (Phi) is 6.98. The largest absolute Gasteiger partial charge is 0.395 e. The van der Waals surface area contributed by atoms with Crippen LogP contribution < -0.4 is 4.90 Å². The molecule has 0 unspecified atom stereocenters. The lowest BCUT2D eigenvalue weighted by atomic mass is 9.97. The number of nitrogens with one attached hydrogen (secondary N) is 1. The summed E-state index contributed by atoms with van der Waals surface area (Å²) in [6, 6.07) is 16.1. The molecule has 6 rings (SSSR count). The maximum atomic E-state index is 12.6. The van der Waals surface area contributed by atoms with Crippen molar-refractivity contribution in [2.75, 3.05) is 57.3 Å². The van der Waals surface area contributed by atoms with Gasteiger partial charge in [0.1, 0.15) is 11.7 Å². The summed E-state index contributed by atoms with van der Waals surface area (Å²) >= 11 is 0. The number of benzene rings is 2. The average Bonchev–Trinajstić information content (AvgIpc) is 3.39. The van der Waals surface area contributed by atoms with Gasteiger partial charge in [0.25, 0.3) is 5.91 Å². The standard InChI is InChI=1S/C31H32N6O3/c1-20-12-23(13-24(15-32)29(20)36-8-6-35(7-9-36)10-11-38)25-14-27-28(17-34-30(27)33-16-25)21-2-4-22(5-3-21)31(40)37-18-26(39)19-37/h2-5,12-14,16-17,26,38-39H,6-11,18-19H2,1H3,(H,33,34). The maximum absolute atomic E-state index is 12.6. The molecule has 0 aliphatic carbocycles. The van der Waals surface area contributed by atoms with Crippen LogP contribution in [0.4, 0.5) is 5.69 Å². The van der Waals surface area contributed by atoms with E-state index in [4.69, 9.17) is 0 Å². The summed E-state index contributed by atoms with van der Waals surface area (Å²) < 4.78 is 0. The number of amides is 1. The zero-order chi connectivity index (χ0) is 27.8. The predicted octanol–water partition coefficient (Wildman–Crippen LogP) is 3.01. The van der Waals surface area contributed by atoms with E-state index >= 15 is 0 Å². The van der Waals surface area contributed by atoms with Gasteiger partial charge in [0.15, 0.2) is 0 Å². The second-order valence-corrected chi connectivity index (χ2v) is 10.6. The Balaban J connectivity index is 1.28. The highest BCUT2D eigenvalue weighted by molar-refractivity contribution is 5.98. The predicted molar refractivity (Wildman–Crippen MR) is 154 cm³/mol. The van der Waals surface area contributed by atoms with E-state index in [0.717, 1.165) is 70.7 Å². The van der Waals surface area contributed by atoms with Crippen LogP contribution >= 0.6 is 0 Å². The summed E-state index contributed by atoms with van der Waals surface area (Å²) in [4.78, 5) is 26.7. The van der Waals surface area contributed by atoms with E-state index in [1.165, 1.54) is 0 Å². The molecule has 2 aliphatic rings. The van der Waals surface area contributed by atoms with E-state index < -0.39 is 6.10 Å². The van der Waals surface area contributed by atoms with Crippen molar-refractivity contribution in [1.82, 2.24) is 19.8 Å². The van der Waals surface area contributed by atoms with E-state index in [1.807, 2.05) is 42.7 Å². The lowest BCUT2D eigenvalue weighted by molar-refractivity contribution is 0.00590. The third-order valence-corrected chi connectivity index (χ3v) is 7.98. The Labute approximate surface area is 232 Å². The molecule has 2 aromatic carbocycles. The number of aliphatic hydroxyl groups excluding tert-OH is 2. The number of piperazine rings is 1. The fraction of sp³-hybridized carbons (Fsp3) is 0.323. The van der Waals surface area contributed by atoms with Crippen molar-refractivity contribution in [2.45, 2.75) is 13.0 Å². The second kappa shape index (κ2) is 10.7. The molecular formula is C31H32N6O3. The van der Waals surface area contributed by atoms with Gasteiger partial charge in [0, 0.05) is 80.3 Å². The number of nitrogens with zero attached hydrogens (tertiary/aromatic N) is 5. The van der Waals surface area contributed by atoms with Crippen molar-refractivity contribution in [3.8, 4) is 28.3 Å². The third kappa shape index (κ3) is 4.82. The molecule has 40 heavy (non-hydrogen) atoms. The topological polar surface area (TPSA) is 120 Å². The van der Waals surface area contributed by atoms with Gasteiger partial charge in [-0.15, -0.1) is 0 Å². The summed E-state index contributed by atoms with van der Waals surface area (Å²) in [5.74, 6) is -0.0705. The molecule has 0 saturated carbocycles. The zero-order valence-corrected chi connectivity index (χ0v) is 22.5. The highest BCUT2D eigenvalue weighted by atomic mass is 16.3. The van der Waals surface area contributed by atoms with Crippen molar-refractivity contribution < 1.29 is 15.0 Å². The van der Waals surface area contributed by atoms with Gasteiger partial charge in [-0.2, -0.15) is 5.26 Å². The average molecular weight is 537 g/mol. The molecule has 9 nitrogen and oxygen atoms in total. The number of hydrogen-bond donors (Lipinski definition) is 3. The van der Waals surface area contributed by atoms with Crippen LogP contribution in [0.3, 0.4) is 0 Å². The Hall–Kier alpha value is -4.23. The number of pyridine rings is 1. The first-order valence-corrected chi connectivity index (χ1v) is 13.6. The Morgan fingerprint density at radius 1 is 1.07 bits per heavy atom. The molecule has 4 heterocycles. The molecule has 9 heteroatoms. The first kappa shape index (κ1) is 26.0. The van der Waals surface area contributed by atoms with E-state index in [2.05, 4.69) is 44.9 Å². The van der Waals surface area contributed by atoms with Gasteiger partial charge in [-0.05, 0) is 53.9 Å². The Morgan fingerprint density at radius 2 is 1.82 bits per heavy atom. The van der Waals surface area contributed by atoms with Gasteiger partial charge >= 0.3 is 0 Å². The number of carbonyl (C=O) groups excluding carboxylic acids is 1. The number of rotatable bonds is 6. The molecule has 1 amide bonds. The van der Waals surface area contributed by atoms with Gasteiger partial charge in [-0.3, -0.25) is 9.69 Å². The number of likely N-dealkylation sites (tertiary alicyclic amines) is 1. The number of aryl methyl sites for hydroxylation is 1. The number of aromatic amines is 1. The quantitative estimate of drug-likeness (QED) is 0.347. The van der Waals surface area contributed by atoms with E-state index in [-0.39, 0.29) is 12.5 Å². The summed E-state index contributed by atoms with van der Waals surface area (Å²) in [6.07, 6.45) is 3.33. The summed E-state index contributed by atoms with van der Waals surface area (Å²) in [5, 5.41) is 29.8. The SMILES string of the molecule is Cc1cc(-c2cnc3[nH]cc(-c4ccc(C(=O)N5CC(O)C5)cc4)c3c2)cc(C#N)c1N1CCN(CCO)CC1. The Bertz CT molecular complexity index is 1590. The number of nitriles is 1. The van der Waals surface area contributed by atoms with Crippen LogP contribution in [0.1, 0.15) is 21.5 Å². The van der Waals surface area contributed by atoms with Crippen LogP contribution in [0.2, 0.25) is 0 Å². The van der Waals surface area contributed by atoms with E-state index in [1.54, 1.807) is 4.90 Å². The fourth-order valence-electron chi connectivity index (χ4n) is 5.78. The molecule has 2 saturated heterocycles. The molecule has 2 aromatic heterocycles. The smallest absolute Gasteiger partial charge is 0.254 e. The van der Waals surface area contributed by atoms with Gasteiger partial charge in [-0.1, -0.05) is 12.1 Å².